The molecule has 0 aliphatic rings. The van der Waals surface area contributed by atoms with Crippen LogP contribution >= 0.6 is 11.6 Å². The number of hydrogen-bond acceptors (Lipinski definition) is 4. The van der Waals surface area contributed by atoms with Crippen molar-refractivity contribution in [2.45, 2.75) is 26.4 Å². The molecule has 19 heavy (non-hydrogen) atoms. The van der Waals surface area contributed by atoms with E-state index in [0.717, 1.165) is 0 Å². The number of halogens is 1. The van der Waals surface area contributed by atoms with E-state index in [9.17, 15) is 9.59 Å². The summed E-state index contributed by atoms with van der Waals surface area (Å²) in [5.74, 6) is -0.550. The lowest BCUT2D eigenvalue weighted by Crippen LogP contribution is -2.40. The van der Waals surface area contributed by atoms with Gasteiger partial charge in [0.05, 0.1) is 18.4 Å². The zero-order chi connectivity index (χ0) is 14.6. The van der Waals surface area contributed by atoms with Crippen LogP contribution in [0.1, 0.15) is 13.8 Å². The Hall–Kier alpha value is -1.82. The first-order valence-corrected chi connectivity index (χ1v) is 6.18. The van der Waals surface area contributed by atoms with Gasteiger partial charge in [0, 0.05) is 0 Å². The average molecular weight is 285 g/mol. The Bertz CT molecular complexity index is 539. The maximum atomic E-state index is 11.9. The summed E-state index contributed by atoms with van der Waals surface area (Å²) in [5, 5.41) is 6.76. The normalized spacial score (nSPS) is 12.2. The molecule has 1 atom stereocenters. The molecule has 0 saturated heterocycles. The molecule has 1 aromatic rings. The van der Waals surface area contributed by atoms with E-state index in [2.05, 4.69) is 17.0 Å². The Kier molecular flexibility index (Phi) is 5.11. The van der Waals surface area contributed by atoms with Gasteiger partial charge in [-0.3, -0.25) is 9.59 Å². The second kappa shape index (κ2) is 6.38. The quantitative estimate of drug-likeness (QED) is 0.763. The van der Waals surface area contributed by atoms with E-state index in [4.69, 9.17) is 17.3 Å². The molecule has 0 fully saturated rings. The van der Waals surface area contributed by atoms with E-state index in [0.29, 0.717) is 5.69 Å². The highest BCUT2D eigenvalue weighted by Crippen LogP contribution is 2.18. The van der Waals surface area contributed by atoms with Crippen LogP contribution in [0.4, 0.5) is 5.69 Å². The molecular weight excluding hydrogens is 268 g/mol. The molecule has 1 aromatic heterocycles. The van der Waals surface area contributed by atoms with E-state index >= 15 is 0 Å². The number of allylic oxidation sites excluding steroid dienone is 1. The van der Waals surface area contributed by atoms with Gasteiger partial charge in [-0.05, 0) is 5.92 Å². The second-order valence-corrected chi connectivity index (χ2v) is 4.79. The fourth-order valence-electron chi connectivity index (χ4n) is 1.55. The molecule has 1 unspecified atom stereocenters. The van der Waals surface area contributed by atoms with E-state index in [1.807, 2.05) is 13.8 Å². The number of nitrogens with two attached hydrogens (primary N) is 1. The van der Waals surface area contributed by atoms with Crippen LogP contribution in [0, 0.1) is 5.92 Å². The Morgan fingerprint density at radius 3 is 2.79 bits per heavy atom. The summed E-state index contributed by atoms with van der Waals surface area (Å²) >= 11 is 5.97. The SMILES string of the molecule is C=CCn1ncc(NC(C(N)=O)C(C)C)c(Cl)c1=O. The van der Waals surface area contributed by atoms with Crippen LogP contribution in [0.25, 0.3) is 0 Å². The Balaban J connectivity index is 3.09. The minimum Gasteiger partial charge on any atom is -0.371 e. The van der Waals surface area contributed by atoms with E-state index in [1.165, 1.54) is 17.0 Å². The van der Waals surface area contributed by atoms with Crippen LogP contribution in [0.3, 0.4) is 0 Å². The van der Waals surface area contributed by atoms with E-state index in [-0.39, 0.29) is 17.5 Å². The second-order valence-electron chi connectivity index (χ2n) is 4.42. The fraction of sp³-hybridized carbons (Fsp3) is 0.417. The third-order valence-electron chi connectivity index (χ3n) is 2.57. The van der Waals surface area contributed by atoms with Crippen molar-refractivity contribution in [3.05, 3.63) is 34.2 Å². The Labute approximate surface area is 116 Å². The van der Waals surface area contributed by atoms with Gasteiger partial charge in [0.25, 0.3) is 5.56 Å². The van der Waals surface area contributed by atoms with Crippen LogP contribution in [-0.4, -0.2) is 21.7 Å². The Morgan fingerprint density at radius 1 is 1.68 bits per heavy atom. The number of carbonyl (C=O) groups is 1. The van der Waals surface area contributed by atoms with E-state index in [1.54, 1.807) is 0 Å². The number of aromatic nitrogens is 2. The molecule has 7 heteroatoms. The van der Waals surface area contributed by atoms with Crippen molar-refractivity contribution in [1.82, 2.24) is 9.78 Å². The van der Waals surface area contributed by atoms with Gasteiger partial charge in [-0.15, -0.1) is 6.58 Å². The van der Waals surface area contributed by atoms with Crippen LogP contribution in [0.15, 0.2) is 23.6 Å². The molecule has 0 radical (unpaired) electrons. The molecule has 1 rings (SSSR count). The molecule has 1 heterocycles. The zero-order valence-electron chi connectivity index (χ0n) is 10.9. The molecule has 0 aliphatic carbocycles. The summed E-state index contributed by atoms with van der Waals surface area (Å²) in [6.07, 6.45) is 2.93. The number of anilines is 1. The molecule has 0 saturated carbocycles. The van der Waals surface area contributed by atoms with E-state index < -0.39 is 17.5 Å². The minimum absolute atomic E-state index is 0.0243. The predicted octanol–water partition coefficient (Wildman–Crippen LogP) is 1.00. The van der Waals surface area contributed by atoms with Crippen LogP contribution in [0.2, 0.25) is 5.02 Å². The standard InChI is InChI=1S/C12H17ClN4O2/c1-4-5-17-12(19)9(13)8(6-15-17)16-10(7(2)3)11(14)18/h4,6-7,10,16H,1,5H2,2-3H3,(H2,14,18). The smallest absolute Gasteiger partial charge is 0.287 e. The topological polar surface area (TPSA) is 90.0 Å². The van der Waals surface area contributed by atoms with Gasteiger partial charge in [0.15, 0.2) is 0 Å². The third-order valence-corrected chi connectivity index (χ3v) is 2.94. The first-order chi connectivity index (χ1) is 8.88. The minimum atomic E-state index is -0.617. The first-order valence-electron chi connectivity index (χ1n) is 5.80. The molecule has 0 spiro atoms. The number of primary amides is 1. The highest BCUT2D eigenvalue weighted by Gasteiger charge is 2.21. The monoisotopic (exact) mass is 284 g/mol. The summed E-state index contributed by atoms with van der Waals surface area (Å²) in [7, 11) is 0. The summed E-state index contributed by atoms with van der Waals surface area (Å²) in [4.78, 5) is 23.2. The van der Waals surface area contributed by atoms with Crippen molar-refractivity contribution in [2.24, 2.45) is 11.7 Å². The summed E-state index contributed by atoms with van der Waals surface area (Å²) < 4.78 is 1.18. The third kappa shape index (κ3) is 3.57. The summed E-state index contributed by atoms with van der Waals surface area (Å²) in [6, 6.07) is -0.617. The van der Waals surface area contributed by atoms with Crippen LogP contribution in [0.5, 0.6) is 0 Å². The van der Waals surface area contributed by atoms with Crippen LogP contribution in [-0.2, 0) is 11.3 Å². The molecule has 0 aliphatic heterocycles. The van der Waals surface area contributed by atoms with Gasteiger partial charge in [0.2, 0.25) is 5.91 Å². The van der Waals surface area contributed by atoms with Gasteiger partial charge in [0.1, 0.15) is 11.1 Å². The van der Waals surface area contributed by atoms with Crippen molar-refractivity contribution in [1.29, 1.82) is 0 Å². The summed E-state index contributed by atoms with van der Waals surface area (Å²) in [6.45, 7) is 7.46. The molecule has 104 valence electrons. The van der Waals surface area contributed by atoms with Gasteiger partial charge in [-0.2, -0.15) is 5.10 Å². The lowest BCUT2D eigenvalue weighted by molar-refractivity contribution is -0.119. The van der Waals surface area contributed by atoms with Crippen molar-refractivity contribution in [3.63, 3.8) is 0 Å². The maximum absolute atomic E-state index is 11.9. The highest BCUT2D eigenvalue weighted by molar-refractivity contribution is 6.33. The lowest BCUT2D eigenvalue weighted by Gasteiger charge is -2.20. The van der Waals surface area contributed by atoms with Gasteiger partial charge in [-0.1, -0.05) is 31.5 Å². The molecule has 0 bridgehead atoms. The lowest BCUT2D eigenvalue weighted by atomic mass is 10.0. The van der Waals surface area contributed by atoms with Gasteiger partial charge in [-0.25, -0.2) is 4.68 Å². The van der Waals surface area contributed by atoms with Crippen LogP contribution < -0.4 is 16.6 Å². The van der Waals surface area contributed by atoms with Crippen molar-refractivity contribution in [3.8, 4) is 0 Å². The van der Waals surface area contributed by atoms with Gasteiger partial charge < -0.3 is 11.1 Å². The average Bonchev–Trinajstić information content (AvgIpc) is 2.33. The molecule has 0 aromatic carbocycles. The Morgan fingerprint density at radius 2 is 2.32 bits per heavy atom. The maximum Gasteiger partial charge on any atom is 0.287 e. The van der Waals surface area contributed by atoms with Crippen molar-refractivity contribution < 1.29 is 4.79 Å². The summed E-state index contributed by atoms with van der Waals surface area (Å²) in [5.41, 5.74) is 5.14. The fourth-order valence-corrected chi connectivity index (χ4v) is 1.75. The predicted molar refractivity (Wildman–Crippen MR) is 75.1 cm³/mol. The van der Waals surface area contributed by atoms with Crippen molar-refractivity contribution in [2.75, 3.05) is 5.32 Å². The molecule has 1 amide bonds. The number of rotatable bonds is 6. The first kappa shape index (κ1) is 15.2. The number of hydrogen-bond donors (Lipinski definition) is 2. The number of carbonyl (C=O) groups excluding carboxylic acids is 1. The largest absolute Gasteiger partial charge is 0.371 e. The van der Waals surface area contributed by atoms with Gasteiger partial charge >= 0.3 is 0 Å². The molecular formula is C12H17ClN4O2. The number of nitrogens with zero attached hydrogens (tertiary/aromatic N) is 2. The molecule has 3 N–H and O–H groups in total. The molecule has 6 nitrogen and oxygen atoms in total. The number of nitrogens with one attached hydrogen (secondary N) is 1. The zero-order valence-corrected chi connectivity index (χ0v) is 11.6. The number of amides is 1. The van der Waals surface area contributed by atoms with Crippen molar-refractivity contribution >= 4 is 23.2 Å². The highest BCUT2D eigenvalue weighted by atomic mass is 35.5.